The van der Waals surface area contributed by atoms with E-state index in [1.807, 2.05) is 0 Å². The molecule has 8 atom stereocenters. The highest BCUT2D eigenvalue weighted by molar-refractivity contribution is 5.28. The van der Waals surface area contributed by atoms with Crippen LogP contribution in [-0.4, -0.2) is 0 Å². The van der Waals surface area contributed by atoms with Crippen LogP contribution in [0.15, 0.2) is 0 Å². The lowest BCUT2D eigenvalue weighted by Crippen LogP contribution is -2.79. The van der Waals surface area contributed by atoms with Crippen molar-refractivity contribution in [1.82, 2.24) is 0 Å². The predicted molar refractivity (Wildman–Crippen MR) is 95.0 cm³/mol. The van der Waals surface area contributed by atoms with Gasteiger partial charge in [0.2, 0.25) is 0 Å². The summed E-state index contributed by atoms with van der Waals surface area (Å²) < 4.78 is 0. The van der Waals surface area contributed by atoms with Crippen molar-refractivity contribution in [3.63, 3.8) is 0 Å². The van der Waals surface area contributed by atoms with Gasteiger partial charge in [0.1, 0.15) is 0 Å². The summed E-state index contributed by atoms with van der Waals surface area (Å²) in [5.74, 6) is 15.8. The Morgan fingerprint density at radius 3 is 1.96 bits per heavy atom. The molecule has 0 radical (unpaired) electrons. The molecule has 24 heavy (non-hydrogen) atoms. The Morgan fingerprint density at radius 1 is 0.667 bits per heavy atom. The van der Waals surface area contributed by atoms with Gasteiger partial charge in [0.25, 0.3) is 0 Å². The molecule has 11 fully saturated rings. The predicted octanol–water partition coefficient (Wildman–Crippen LogP) is 5.62. The first-order valence-corrected chi connectivity index (χ1v) is 11.8. The van der Waals surface area contributed by atoms with Crippen LogP contribution in [0.5, 0.6) is 0 Å². The topological polar surface area (TPSA) is 0 Å². The highest BCUT2D eigenvalue weighted by atomic mass is 14.8. The second kappa shape index (κ2) is 3.82. The summed E-state index contributed by atoms with van der Waals surface area (Å²) >= 11 is 0. The van der Waals surface area contributed by atoms with Crippen LogP contribution in [0, 0.1) is 82.3 Å². The van der Waals surface area contributed by atoms with E-state index in [0.717, 1.165) is 5.41 Å². The minimum atomic E-state index is 0.911. The molecule has 0 aromatic carbocycles. The zero-order valence-corrected chi connectivity index (χ0v) is 15.4. The fourth-order valence-corrected chi connectivity index (χ4v) is 12.9. The van der Waals surface area contributed by atoms with Crippen LogP contribution < -0.4 is 0 Å². The van der Waals surface area contributed by atoms with Gasteiger partial charge in [0.15, 0.2) is 0 Å². The number of hydrogen-bond acceptors (Lipinski definition) is 0. The average Bonchev–Trinajstić information content (AvgIpc) is 2.58. The monoisotopic (exact) mass is 322 g/mol. The Balaban J connectivity index is 1.37. The maximum atomic E-state index is 2.48. The summed E-state index contributed by atoms with van der Waals surface area (Å²) in [6, 6.07) is 0. The Labute approximate surface area is 147 Å². The van der Waals surface area contributed by atoms with Gasteiger partial charge in [-0.1, -0.05) is 19.8 Å². The largest absolute Gasteiger partial charge is 0.0654 e. The first kappa shape index (κ1) is 13.2. The lowest BCUT2D eigenvalue weighted by Gasteiger charge is -2.85. The standard InChI is InChI=1S/C24H34/c1-2-3-13-16-7-12-8-17(13)23-21-15-5-11-4-14-19(15)10-24(23,9-12)22(16)20(14)18(21)6-11/h11-23H,2-10H2,1H3. The summed E-state index contributed by atoms with van der Waals surface area (Å²) in [5.41, 5.74) is 0.911. The minimum Gasteiger partial charge on any atom is -0.0654 e. The van der Waals surface area contributed by atoms with Gasteiger partial charge in [-0.25, -0.2) is 0 Å². The molecule has 0 amide bonds. The fraction of sp³-hybridized carbons (Fsp3) is 1.00. The van der Waals surface area contributed by atoms with Crippen LogP contribution in [0.25, 0.3) is 0 Å². The van der Waals surface area contributed by atoms with Gasteiger partial charge < -0.3 is 0 Å². The molecule has 0 N–H and O–H groups in total. The Kier molecular flexibility index (Phi) is 2.10. The third kappa shape index (κ3) is 1.12. The van der Waals surface area contributed by atoms with E-state index in [-0.39, 0.29) is 0 Å². The minimum absolute atomic E-state index is 0.911. The van der Waals surface area contributed by atoms with E-state index in [4.69, 9.17) is 0 Å². The molecule has 13 bridgehead atoms. The smallest absolute Gasteiger partial charge is 0.0224 e. The van der Waals surface area contributed by atoms with Crippen molar-refractivity contribution in [2.45, 2.75) is 64.7 Å². The van der Waals surface area contributed by atoms with Gasteiger partial charge in [-0.15, -0.1) is 0 Å². The third-order valence-corrected chi connectivity index (χ3v) is 12.2. The average molecular weight is 323 g/mol. The highest BCUT2D eigenvalue weighted by Crippen LogP contribution is 2.86. The van der Waals surface area contributed by atoms with Crippen molar-refractivity contribution in [3.05, 3.63) is 0 Å². The van der Waals surface area contributed by atoms with Crippen LogP contribution in [0.3, 0.4) is 0 Å². The summed E-state index contributed by atoms with van der Waals surface area (Å²) in [4.78, 5) is 0. The van der Waals surface area contributed by atoms with Gasteiger partial charge in [0, 0.05) is 0 Å². The molecule has 0 aromatic heterocycles. The SMILES string of the molecule is CCCC1C2CC3CC1C1C4C5CC6CC7C5CC1(C3)C2C7C4C6. The molecular formula is C24H34. The summed E-state index contributed by atoms with van der Waals surface area (Å²) in [6.45, 7) is 2.48. The molecule has 0 heterocycles. The lowest BCUT2D eigenvalue weighted by molar-refractivity contribution is -0.369. The molecule has 0 nitrogen and oxygen atoms in total. The number of hydrogen-bond donors (Lipinski definition) is 0. The second-order valence-electron chi connectivity index (χ2n) is 12.2. The Bertz CT molecular complexity index is 580. The van der Waals surface area contributed by atoms with Gasteiger partial charge in [-0.3, -0.25) is 0 Å². The zero-order valence-electron chi connectivity index (χ0n) is 15.4. The molecule has 11 saturated carbocycles. The van der Waals surface area contributed by atoms with E-state index in [2.05, 4.69) is 6.92 Å². The molecule has 130 valence electrons. The Hall–Kier alpha value is 0. The highest BCUT2D eigenvalue weighted by Gasteiger charge is 2.80. The van der Waals surface area contributed by atoms with Crippen molar-refractivity contribution >= 4 is 0 Å². The van der Waals surface area contributed by atoms with Crippen molar-refractivity contribution < 1.29 is 0 Å². The van der Waals surface area contributed by atoms with Crippen molar-refractivity contribution in [3.8, 4) is 0 Å². The summed E-state index contributed by atoms with van der Waals surface area (Å²) in [6.07, 6.45) is 14.9. The third-order valence-electron chi connectivity index (χ3n) is 12.2. The van der Waals surface area contributed by atoms with Gasteiger partial charge in [-0.2, -0.15) is 0 Å². The van der Waals surface area contributed by atoms with E-state index in [1.54, 1.807) is 51.4 Å². The molecule has 11 aliphatic rings. The molecule has 8 unspecified atom stereocenters. The van der Waals surface area contributed by atoms with Crippen LogP contribution in [-0.2, 0) is 0 Å². The van der Waals surface area contributed by atoms with E-state index in [9.17, 15) is 0 Å². The van der Waals surface area contributed by atoms with Crippen molar-refractivity contribution in [2.24, 2.45) is 82.3 Å². The number of rotatable bonds is 2. The molecule has 0 aromatic rings. The van der Waals surface area contributed by atoms with Crippen LogP contribution >= 0.6 is 0 Å². The zero-order chi connectivity index (χ0) is 15.4. The van der Waals surface area contributed by atoms with Gasteiger partial charge in [0.05, 0.1) is 0 Å². The van der Waals surface area contributed by atoms with Crippen LogP contribution in [0.2, 0.25) is 0 Å². The molecule has 1 spiro atoms. The van der Waals surface area contributed by atoms with Crippen LogP contribution in [0.4, 0.5) is 0 Å². The molecule has 0 heteroatoms. The molecular weight excluding hydrogens is 288 g/mol. The first-order chi connectivity index (χ1) is 11.8. The quantitative estimate of drug-likeness (QED) is 0.618. The van der Waals surface area contributed by atoms with E-state index < -0.39 is 0 Å². The van der Waals surface area contributed by atoms with E-state index in [0.29, 0.717) is 0 Å². The lowest BCUT2D eigenvalue weighted by atomic mass is 9.20. The first-order valence-electron chi connectivity index (χ1n) is 11.8. The fourth-order valence-electron chi connectivity index (χ4n) is 12.9. The molecule has 11 rings (SSSR count). The van der Waals surface area contributed by atoms with Crippen LogP contribution in [0.1, 0.15) is 64.7 Å². The summed E-state index contributed by atoms with van der Waals surface area (Å²) in [7, 11) is 0. The molecule has 0 saturated heterocycles. The van der Waals surface area contributed by atoms with Crippen molar-refractivity contribution in [1.29, 1.82) is 0 Å². The van der Waals surface area contributed by atoms with E-state index >= 15 is 0 Å². The Morgan fingerprint density at radius 2 is 1.29 bits per heavy atom. The summed E-state index contributed by atoms with van der Waals surface area (Å²) in [5, 5.41) is 0. The normalized spacial score (nSPS) is 74.6. The molecule has 0 aliphatic heterocycles. The van der Waals surface area contributed by atoms with Crippen molar-refractivity contribution in [2.75, 3.05) is 0 Å². The second-order valence-corrected chi connectivity index (χ2v) is 12.2. The van der Waals surface area contributed by atoms with Gasteiger partial charge in [-0.05, 0) is 127 Å². The van der Waals surface area contributed by atoms with Gasteiger partial charge >= 0.3 is 0 Å². The molecule has 11 aliphatic carbocycles. The van der Waals surface area contributed by atoms with E-state index in [1.165, 1.54) is 83.4 Å². The maximum absolute atomic E-state index is 2.48. The maximum Gasteiger partial charge on any atom is -0.0224 e.